The van der Waals surface area contributed by atoms with Crippen LogP contribution in [0.4, 0.5) is 0 Å². The molecule has 1 atom stereocenters. The summed E-state index contributed by atoms with van der Waals surface area (Å²) < 4.78 is 10.7. The fraction of sp³-hybridized carbons (Fsp3) is 0.438. The lowest BCUT2D eigenvalue weighted by Crippen LogP contribution is -2.21. The van der Waals surface area contributed by atoms with Gasteiger partial charge in [0.1, 0.15) is 17.3 Å². The Morgan fingerprint density at radius 2 is 2.14 bits per heavy atom. The highest BCUT2D eigenvalue weighted by molar-refractivity contribution is 5.42. The van der Waals surface area contributed by atoms with Crippen LogP contribution in [-0.4, -0.2) is 30.7 Å². The Morgan fingerprint density at radius 1 is 1.29 bits per heavy atom. The quantitative estimate of drug-likeness (QED) is 0.734. The minimum Gasteiger partial charge on any atom is -0.497 e. The molecule has 0 fully saturated rings. The molecule has 0 aliphatic rings. The van der Waals surface area contributed by atoms with Gasteiger partial charge in [-0.25, -0.2) is 4.98 Å². The first kappa shape index (κ1) is 15.4. The number of benzene rings is 1. The Kier molecular flexibility index (Phi) is 5.63. The van der Waals surface area contributed by atoms with Crippen LogP contribution in [-0.2, 0) is 6.42 Å². The van der Waals surface area contributed by atoms with E-state index in [2.05, 4.69) is 22.2 Å². The summed E-state index contributed by atoms with van der Waals surface area (Å²) in [6.07, 6.45) is 5.63. The summed E-state index contributed by atoms with van der Waals surface area (Å²) in [7, 11) is 3.34. The molecule has 0 aliphatic carbocycles. The molecule has 2 aromatic rings. The highest BCUT2D eigenvalue weighted by Crippen LogP contribution is 2.29. The van der Waals surface area contributed by atoms with Crippen LogP contribution in [0.1, 0.15) is 30.8 Å². The van der Waals surface area contributed by atoms with Gasteiger partial charge in [0.2, 0.25) is 0 Å². The molecule has 0 radical (unpaired) electrons. The van der Waals surface area contributed by atoms with E-state index in [1.54, 1.807) is 20.4 Å². The molecule has 0 saturated heterocycles. The highest BCUT2D eigenvalue weighted by Gasteiger charge is 2.11. The average molecular weight is 289 g/mol. The minimum absolute atomic E-state index is 0.224. The number of hydrogen-bond donors (Lipinski definition) is 2. The molecule has 5 nitrogen and oxygen atoms in total. The smallest absolute Gasteiger partial charge is 0.127 e. The number of nitrogens with zero attached hydrogens (tertiary/aromatic N) is 1. The molecule has 0 spiro atoms. The van der Waals surface area contributed by atoms with Gasteiger partial charge in [-0.15, -0.1) is 0 Å². The molecule has 21 heavy (non-hydrogen) atoms. The van der Waals surface area contributed by atoms with Crippen molar-refractivity contribution in [3.8, 4) is 11.5 Å². The zero-order valence-corrected chi connectivity index (χ0v) is 12.8. The average Bonchev–Trinajstić information content (AvgIpc) is 3.04. The Hall–Kier alpha value is -2.01. The van der Waals surface area contributed by atoms with Crippen LogP contribution in [0.15, 0.2) is 30.6 Å². The molecule has 2 N–H and O–H groups in total. The van der Waals surface area contributed by atoms with Gasteiger partial charge in [-0.2, -0.15) is 0 Å². The third kappa shape index (κ3) is 4.23. The molecule has 114 valence electrons. The number of aromatic nitrogens is 2. The molecular weight excluding hydrogens is 266 g/mol. The second kappa shape index (κ2) is 7.69. The Labute approximate surface area is 125 Å². The van der Waals surface area contributed by atoms with Gasteiger partial charge in [0.25, 0.3) is 0 Å². The predicted octanol–water partition coefficient (Wildman–Crippen LogP) is 2.71. The summed E-state index contributed by atoms with van der Waals surface area (Å²) in [5.74, 6) is 2.69. The van der Waals surface area contributed by atoms with Crippen molar-refractivity contribution in [3.63, 3.8) is 0 Å². The fourth-order valence-electron chi connectivity index (χ4n) is 2.30. The van der Waals surface area contributed by atoms with E-state index in [-0.39, 0.29) is 6.04 Å². The molecule has 0 aliphatic heterocycles. The molecular formula is C16H23N3O2. The second-order valence-corrected chi connectivity index (χ2v) is 4.92. The van der Waals surface area contributed by atoms with E-state index in [9.17, 15) is 0 Å². The van der Waals surface area contributed by atoms with Gasteiger partial charge in [-0.3, -0.25) is 0 Å². The molecule has 0 amide bonds. The van der Waals surface area contributed by atoms with Crippen LogP contribution in [0.3, 0.4) is 0 Å². The number of aryl methyl sites for hydroxylation is 1. The largest absolute Gasteiger partial charge is 0.497 e. The monoisotopic (exact) mass is 289 g/mol. The van der Waals surface area contributed by atoms with E-state index >= 15 is 0 Å². The van der Waals surface area contributed by atoms with E-state index in [0.29, 0.717) is 0 Å². The Bertz CT molecular complexity index is 540. The number of nitrogens with one attached hydrogen (secondary N) is 2. The van der Waals surface area contributed by atoms with Crippen molar-refractivity contribution in [3.05, 3.63) is 42.0 Å². The molecule has 5 heteroatoms. The SMILES string of the molecule is COc1ccc(C(C)NCCCc2ncc[nH]2)c(OC)c1. The van der Waals surface area contributed by atoms with E-state index < -0.39 is 0 Å². The number of hydrogen-bond acceptors (Lipinski definition) is 4. The number of imidazole rings is 1. The third-order valence-corrected chi connectivity index (χ3v) is 3.50. The molecule has 2 rings (SSSR count). The van der Waals surface area contributed by atoms with E-state index in [1.165, 1.54) is 0 Å². The van der Waals surface area contributed by atoms with E-state index in [1.807, 2.05) is 24.4 Å². The summed E-state index contributed by atoms with van der Waals surface area (Å²) in [6.45, 7) is 3.06. The maximum absolute atomic E-state index is 5.44. The third-order valence-electron chi connectivity index (χ3n) is 3.50. The van der Waals surface area contributed by atoms with Gasteiger partial charge in [0.05, 0.1) is 14.2 Å². The maximum Gasteiger partial charge on any atom is 0.127 e. The van der Waals surface area contributed by atoms with Gasteiger partial charge >= 0.3 is 0 Å². The standard InChI is InChI=1S/C16H23N3O2/c1-12(17-8-4-5-16-18-9-10-19-16)14-7-6-13(20-2)11-15(14)21-3/h6-7,9-12,17H,4-5,8H2,1-3H3,(H,18,19). The summed E-state index contributed by atoms with van der Waals surface area (Å²) in [6, 6.07) is 6.14. The first-order valence-corrected chi connectivity index (χ1v) is 7.18. The number of ether oxygens (including phenoxy) is 2. The molecule has 0 bridgehead atoms. The van der Waals surface area contributed by atoms with Crippen molar-refractivity contribution >= 4 is 0 Å². The van der Waals surface area contributed by atoms with Crippen LogP contribution in [0, 0.1) is 0 Å². The van der Waals surface area contributed by atoms with E-state index in [4.69, 9.17) is 9.47 Å². The topological polar surface area (TPSA) is 59.2 Å². The lowest BCUT2D eigenvalue weighted by Gasteiger charge is -2.18. The van der Waals surface area contributed by atoms with E-state index in [0.717, 1.165) is 42.3 Å². The minimum atomic E-state index is 0.224. The molecule has 0 saturated carbocycles. The van der Waals surface area contributed by atoms with Crippen molar-refractivity contribution < 1.29 is 9.47 Å². The van der Waals surface area contributed by atoms with Crippen LogP contribution < -0.4 is 14.8 Å². The van der Waals surface area contributed by atoms with Gasteiger partial charge < -0.3 is 19.8 Å². The van der Waals surface area contributed by atoms with Crippen LogP contribution in [0.5, 0.6) is 11.5 Å². The molecule has 1 aromatic heterocycles. The zero-order valence-electron chi connectivity index (χ0n) is 12.8. The zero-order chi connectivity index (χ0) is 15.1. The number of methoxy groups -OCH3 is 2. The van der Waals surface area contributed by atoms with Gasteiger partial charge in [-0.1, -0.05) is 6.07 Å². The Morgan fingerprint density at radius 3 is 2.81 bits per heavy atom. The summed E-state index contributed by atoms with van der Waals surface area (Å²) in [4.78, 5) is 7.34. The van der Waals surface area contributed by atoms with Crippen molar-refractivity contribution in [1.29, 1.82) is 0 Å². The Balaban J connectivity index is 1.86. The lowest BCUT2D eigenvalue weighted by atomic mass is 10.1. The van der Waals surface area contributed by atoms with Gasteiger partial charge in [0.15, 0.2) is 0 Å². The highest BCUT2D eigenvalue weighted by atomic mass is 16.5. The predicted molar refractivity (Wildman–Crippen MR) is 82.9 cm³/mol. The molecule has 1 heterocycles. The second-order valence-electron chi connectivity index (χ2n) is 4.92. The number of aromatic amines is 1. The summed E-state index contributed by atoms with van der Waals surface area (Å²) in [5, 5.41) is 3.51. The molecule has 1 unspecified atom stereocenters. The normalized spacial score (nSPS) is 12.1. The van der Waals surface area contributed by atoms with Gasteiger partial charge in [0, 0.05) is 36.5 Å². The van der Waals surface area contributed by atoms with Gasteiger partial charge in [-0.05, 0) is 26.0 Å². The summed E-state index contributed by atoms with van der Waals surface area (Å²) in [5.41, 5.74) is 1.14. The number of rotatable bonds is 8. The van der Waals surface area contributed by atoms with Crippen LogP contribution >= 0.6 is 0 Å². The summed E-state index contributed by atoms with van der Waals surface area (Å²) >= 11 is 0. The lowest BCUT2D eigenvalue weighted by molar-refractivity contribution is 0.385. The van der Waals surface area contributed by atoms with Crippen molar-refractivity contribution in [2.24, 2.45) is 0 Å². The first-order chi connectivity index (χ1) is 10.2. The van der Waals surface area contributed by atoms with Crippen LogP contribution in [0.25, 0.3) is 0 Å². The first-order valence-electron chi connectivity index (χ1n) is 7.18. The number of H-pyrrole nitrogens is 1. The van der Waals surface area contributed by atoms with Crippen LogP contribution in [0.2, 0.25) is 0 Å². The maximum atomic E-state index is 5.44. The fourth-order valence-corrected chi connectivity index (χ4v) is 2.30. The van der Waals surface area contributed by atoms with Crippen molar-refractivity contribution in [1.82, 2.24) is 15.3 Å². The van der Waals surface area contributed by atoms with Crippen molar-refractivity contribution in [2.45, 2.75) is 25.8 Å². The van der Waals surface area contributed by atoms with Crippen molar-refractivity contribution in [2.75, 3.05) is 20.8 Å². The molecule has 1 aromatic carbocycles.